The maximum Gasteiger partial charge on any atom is 0.131 e. The fourth-order valence-corrected chi connectivity index (χ4v) is 2.03. The second kappa shape index (κ2) is 10.6. The van der Waals surface area contributed by atoms with Crippen molar-refractivity contribution in [2.24, 2.45) is 5.73 Å². The molecule has 1 aromatic rings. The van der Waals surface area contributed by atoms with Gasteiger partial charge in [0.25, 0.3) is 0 Å². The Kier molecular flexibility index (Phi) is 8.95. The van der Waals surface area contributed by atoms with Crippen molar-refractivity contribution in [3.63, 3.8) is 0 Å². The maximum atomic E-state index is 5.68. The summed E-state index contributed by atoms with van der Waals surface area (Å²) in [4.78, 5) is 6.73. The molecule has 0 fully saturated rings. The summed E-state index contributed by atoms with van der Waals surface area (Å²) < 4.78 is 10.9. The van der Waals surface area contributed by atoms with Gasteiger partial charge in [0.2, 0.25) is 0 Å². The van der Waals surface area contributed by atoms with Crippen LogP contribution in [0.15, 0.2) is 18.3 Å². The second-order valence-corrected chi connectivity index (χ2v) is 4.41. The predicted molar refractivity (Wildman–Crippen MR) is 82.2 cm³/mol. The third kappa shape index (κ3) is 5.86. The van der Waals surface area contributed by atoms with Crippen molar-refractivity contribution in [1.82, 2.24) is 4.98 Å². The van der Waals surface area contributed by atoms with Gasteiger partial charge in [-0.3, -0.25) is 0 Å². The smallest absolute Gasteiger partial charge is 0.131 e. The summed E-state index contributed by atoms with van der Waals surface area (Å²) >= 11 is 0. The number of nitrogens with two attached hydrogens (primary N) is 1. The molecule has 20 heavy (non-hydrogen) atoms. The fourth-order valence-electron chi connectivity index (χ4n) is 2.03. The lowest BCUT2D eigenvalue weighted by Crippen LogP contribution is -2.33. The van der Waals surface area contributed by atoms with Gasteiger partial charge >= 0.3 is 0 Å². The average Bonchev–Trinajstić information content (AvgIpc) is 2.47. The molecule has 0 aliphatic carbocycles. The quantitative estimate of drug-likeness (QED) is 0.622. The molecule has 114 valence electrons. The van der Waals surface area contributed by atoms with E-state index in [-0.39, 0.29) is 0 Å². The van der Waals surface area contributed by atoms with Crippen LogP contribution in [0.25, 0.3) is 0 Å². The van der Waals surface area contributed by atoms with Crippen LogP contribution in [0.1, 0.15) is 19.4 Å². The summed E-state index contributed by atoms with van der Waals surface area (Å²) in [7, 11) is 0. The monoisotopic (exact) mass is 281 g/mol. The molecule has 2 N–H and O–H groups in total. The van der Waals surface area contributed by atoms with Crippen molar-refractivity contribution in [1.29, 1.82) is 0 Å². The Morgan fingerprint density at radius 2 is 1.80 bits per heavy atom. The molecule has 0 aliphatic heterocycles. The third-order valence-electron chi connectivity index (χ3n) is 3.00. The van der Waals surface area contributed by atoms with Gasteiger partial charge in [0.15, 0.2) is 0 Å². The minimum atomic E-state index is 0.628. The van der Waals surface area contributed by atoms with Gasteiger partial charge in [0.1, 0.15) is 5.82 Å². The molecule has 0 amide bonds. The number of rotatable bonds is 11. The molecular weight excluding hydrogens is 254 g/mol. The number of ether oxygens (including phenoxy) is 2. The molecule has 0 aliphatic rings. The van der Waals surface area contributed by atoms with Crippen LogP contribution < -0.4 is 10.6 Å². The number of anilines is 1. The van der Waals surface area contributed by atoms with Crippen molar-refractivity contribution < 1.29 is 9.47 Å². The molecule has 5 nitrogen and oxygen atoms in total. The highest BCUT2D eigenvalue weighted by Gasteiger charge is 2.12. The Morgan fingerprint density at radius 3 is 2.35 bits per heavy atom. The summed E-state index contributed by atoms with van der Waals surface area (Å²) in [5, 5.41) is 0. The first-order chi connectivity index (χ1) is 9.83. The number of hydrogen-bond donors (Lipinski definition) is 1. The molecule has 0 spiro atoms. The number of nitrogens with zero attached hydrogens (tertiary/aromatic N) is 2. The molecule has 0 bridgehead atoms. The largest absolute Gasteiger partial charge is 0.380 e. The Balaban J connectivity index is 2.73. The lowest BCUT2D eigenvalue weighted by molar-refractivity contribution is 0.141. The molecule has 1 rings (SSSR count). The summed E-state index contributed by atoms with van der Waals surface area (Å²) in [6.07, 6.45) is 2.66. The first kappa shape index (κ1) is 16.9. The van der Waals surface area contributed by atoms with Crippen molar-refractivity contribution in [3.8, 4) is 0 Å². The van der Waals surface area contributed by atoms with Gasteiger partial charge in [-0.25, -0.2) is 4.98 Å². The van der Waals surface area contributed by atoms with Crippen LogP contribution in [0.4, 0.5) is 5.82 Å². The first-order valence-corrected chi connectivity index (χ1v) is 7.37. The van der Waals surface area contributed by atoms with E-state index in [1.807, 2.05) is 26.1 Å². The lowest BCUT2D eigenvalue weighted by atomic mass is 10.2. The van der Waals surface area contributed by atoms with Crippen LogP contribution in [-0.2, 0) is 15.9 Å². The van der Waals surface area contributed by atoms with Crippen molar-refractivity contribution in [2.75, 3.05) is 51.0 Å². The standard InChI is InChI=1S/C15H27N3O2/c1-3-19-12-10-18(11-13-20-4-2)15-14(7-8-16)6-5-9-17-15/h5-6,9H,3-4,7-8,10-13,16H2,1-2H3. The van der Waals surface area contributed by atoms with Crippen molar-refractivity contribution in [3.05, 3.63) is 23.9 Å². The molecule has 0 saturated carbocycles. The highest BCUT2D eigenvalue weighted by atomic mass is 16.5. The fraction of sp³-hybridized carbons (Fsp3) is 0.667. The van der Waals surface area contributed by atoms with Gasteiger partial charge in [0.05, 0.1) is 13.2 Å². The average molecular weight is 281 g/mol. The highest BCUT2D eigenvalue weighted by Crippen LogP contribution is 2.17. The Labute approximate surface area is 122 Å². The van der Waals surface area contributed by atoms with E-state index in [4.69, 9.17) is 15.2 Å². The minimum absolute atomic E-state index is 0.628. The van der Waals surface area contributed by atoms with Gasteiger partial charge in [-0.1, -0.05) is 6.07 Å². The van der Waals surface area contributed by atoms with E-state index < -0.39 is 0 Å². The van der Waals surface area contributed by atoms with Gasteiger partial charge in [0, 0.05) is 32.5 Å². The second-order valence-electron chi connectivity index (χ2n) is 4.41. The molecule has 0 saturated heterocycles. The molecule has 0 aromatic carbocycles. The number of pyridine rings is 1. The van der Waals surface area contributed by atoms with Crippen LogP contribution in [0.3, 0.4) is 0 Å². The van der Waals surface area contributed by atoms with Gasteiger partial charge in [-0.15, -0.1) is 0 Å². The normalized spacial score (nSPS) is 10.8. The van der Waals surface area contributed by atoms with E-state index in [2.05, 4.69) is 16.0 Å². The Morgan fingerprint density at radius 1 is 1.15 bits per heavy atom. The van der Waals surface area contributed by atoms with E-state index in [9.17, 15) is 0 Å². The Hall–Kier alpha value is -1.17. The van der Waals surface area contributed by atoms with E-state index >= 15 is 0 Å². The molecule has 1 heterocycles. The number of hydrogen-bond acceptors (Lipinski definition) is 5. The molecule has 5 heteroatoms. The first-order valence-electron chi connectivity index (χ1n) is 7.37. The highest BCUT2D eigenvalue weighted by molar-refractivity contribution is 5.46. The van der Waals surface area contributed by atoms with Crippen LogP contribution >= 0.6 is 0 Å². The third-order valence-corrected chi connectivity index (χ3v) is 3.00. The maximum absolute atomic E-state index is 5.68. The summed E-state index contributed by atoms with van der Waals surface area (Å²) in [5.41, 5.74) is 6.86. The van der Waals surface area contributed by atoms with Crippen LogP contribution in [0.5, 0.6) is 0 Å². The minimum Gasteiger partial charge on any atom is -0.380 e. The SMILES string of the molecule is CCOCCN(CCOCC)c1ncccc1CCN. The van der Waals surface area contributed by atoms with Crippen molar-refractivity contribution in [2.45, 2.75) is 20.3 Å². The summed E-state index contributed by atoms with van der Waals surface area (Å²) in [5.74, 6) is 0.998. The van der Waals surface area contributed by atoms with Crippen LogP contribution in [0, 0.1) is 0 Å². The van der Waals surface area contributed by atoms with Crippen molar-refractivity contribution >= 4 is 5.82 Å². The van der Waals surface area contributed by atoms with Gasteiger partial charge < -0.3 is 20.1 Å². The molecule has 0 unspecified atom stereocenters. The molecular formula is C15H27N3O2. The zero-order valence-electron chi connectivity index (χ0n) is 12.7. The van der Waals surface area contributed by atoms with E-state index in [1.165, 1.54) is 5.56 Å². The molecule has 1 aromatic heterocycles. The van der Waals surface area contributed by atoms with E-state index in [0.717, 1.165) is 38.5 Å². The predicted octanol–water partition coefficient (Wildman–Crippen LogP) is 1.46. The van der Waals surface area contributed by atoms with Gasteiger partial charge in [-0.05, 0) is 38.4 Å². The zero-order chi connectivity index (χ0) is 14.6. The topological polar surface area (TPSA) is 60.6 Å². The van der Waals surface area contributed by atoms with E-state index in [1.54, 1.807) is 0 Å². The van der Waals surface area contributed by atoms with Crippen LogP contribution in [-0.4, -0.2) is 51.0 Å². The molecule has 0 atom stereocenters. The lowest BCUT2D eigenvalue weighted by Gasteiger charge is -2.25. The Bertz CT molecular complexity index is 351. The summed E-state index contributed by atoms with van der Waals surface area (Å²) in [6.45, 7) is 9.13. The van der Waals surface area contributed by atoms with Gasteiger partial charge in [-0.2, -0.15) is 0 Å². The summed E-state index contributed by atoms with van der Waals surface area (Å²) in [6, 6.07) is 4.04. The van der Waals surface area contributed by atoms with Crippen LogP contribution in [0.2, 0.25) is 0 Å². The van der Waals surface area contributed by atoms with E-state index in [0.29, 0.717) is 19.8 Å². The number of aromatic nitrogens is 1. The molecule has 0 radical (unpaired) electrons. The zero-order valence-corrected chi connectivity index (χ0v) is 12.7.